The number of carbonyl (C=O) groups excluding carboxylic acids is 2. The zero-order valence-corrected chi connectivity index (χ0v) is 15.0. The number of aryl methyl sites for hydroxylation is 2. The molecule has 7 heteroatoms. The predicted octanol–water partition coefficient (Wildman–Crippen LogP) is 1.38. The van der Waals surface area contributed by atoms with Crippen LogP contribution in [-0.4, -0.2) is 64.2 Å². The van der Waals surface area contributed by atoms with Gasteiger partial charge in [0, 0.05) is 38.7 Å². The molecule has 7 nitrogen and oxygen atoms in total. The molecule has 25 heavy (non-hydrogen) atoms. The molecule has 2 amide bonds. The third-order valence-corrected chi connectivity index (χ3v) is 5.47. The third-order valence-electron chi connectivity index (χ3n) is 5.47. The van der Waals surface area contributed by atoms with Gasteiger partial charge in [0.15, 0.2) is 0 Å². The predicted molar refractivity (Wildman–Crippen MR) is 91.1 cm³/mol. The zero-order chi connectivity index (χ0) is 18.0. The Morgan fingerprint density at radius 3 is 2.92 bits per heavy atom. The molecule has 0 unspecified atom stereocenters. The van der Waals surface area contributed by atoms with Gasteiger partial charge < -0.3 is 19.4 Å². The Kier molecular flexibility index (Phi) is 5.42. The van der Waals surface area contributed by atoms with Crippen molar-refractivity contribution < 1.29 is 19.2 Å². The summed E-state index contributed by atoms with van der Waals surface area (Å²) in [4.78, 5) is 29.0. The molecule has 2 atom stereocenters. The highest BCUT2D eigenvalue weighted by atomic mass is 16.5. The Morgan fingerprint density at radius 2 is 2.20 bits per heavy atom. The summed E-state index contributed by atoms with van der Waals surface area (Å²) in [6.45, 7) is 5.75. The average Bonchev–Trinajstić information content (AvgIpc) is 3.00. The second kappa shape index (κ2) is 7.56. The van der Waals surface area contributed by atoms with Crippen LogP contribution in [0.3, 0.4) is 0 Å². The van der Waals surface area contributed by atoms with Gasteiger partial charge in [-0.05, 0) is 38.5 Å². The number of carbonyl (C=O) groups is 2. The number of aliphatic hydroxyl groups excluding tert-OH is 1. The van der Waals surface area contributed by atoms with Gasteiger partial charge in [0.05, 0.1) is 5.69 Å². The van der Waals surface area contributed by atoms with Gasteiger partial charge in [-0.25, -0.2) is 0 Å². The van der Waals surface area contributed by atoms with E-state index in [-0.39, 0.29) is 24.5 Å². The van der Waals surface area contributed by atoms with Crippen molar-refractivity contribution in [2.75, 3.05) is 26.2 Å². The Hall–Kier alpha value is -1.89. The van der Waals surface area contributed by atoms with Crippen LogP contribution >= 0.6 is 0 Å². The quantitative estimate of drug-likeness (QED) is 0.868. The van der Waals surface area contributed by atoms with Crippen molar-refractivity contribution in [1.29, 1.82) is 0 Å². The highest BCUT2D eigenvalue weighted by Gasteiger charge is 2.40. The van der Waals surface area contributed by atoms with Gasteiger partial charge in [-0.3, -0.25) is 9.59 Å². The molecule has 0 saturated carbocycles. The summed E-state index contributed by atoms with van der Waals surface area (Å²) < 4.78 is 5.21. The van der Waals surface area contributed by atoms with E-state index in [1.807, 2.05) is 16.7 Å². The molecule has 3 rings (SSSR count). The fraction of sp³-hybridized carbons (Fsp3) is 0.722. The van der Waals surface area contributed by atoms with E-state index in [0.29, 0.717) is 61.8 Å². The smallest absolute Gasteiger partial charge is 0.259 e. The second-order valence-electron chi connectivity index (χ2n) is 6.98. The number of likely N-dealkylation sites (tertiary alicyclic amines) is 2. The maximum atomic E-state index is 13.0. The van der Waals surface area contributed by atoms with Gasteiger partial charge in [-0.1, -0.05) is 12.1 Å². The monoisotopic (exact) mass is 349 g/mol. The third kappa shape index (κ3) is 3.42. The maximum Gasteiger partial charge on any atom is 0.259 e. The summed E-state index contributed by atoms with van der Waals surface area (Å²) in [5.41, 5.74) is 1.32. The SMILES string of the molecule is CCc1noc(C)c1C(=O)N1CC[C@@H]2[C@@H](CCC(=O)N2CCCO)C1. The number of aliphatic hydroxyl groups is 1. The molecule has 0 radical (unpaired) electrons. The number of aromatic nitrogens is 1. The van der Waals surface area contributed by atoms with Crippen LogP contribution < -0.4 is 0 Å². The molecule has 0 spiro atoms. The first-order chi connectivity index (χ1) is 12.1. The molecule has 2 saturated heterocycles. The number of amides is 2. The van der Waals surface area contributed by atoms with Crippen LogP contribution in [0.4, 0.5) is 0 Å². The van der Waals surface area contributed by atoms with E-state index in [1.54, 1.807) is 6.92 Å². The van der Waals surface area contributed by atoms with Crippen molar-refractivity contribution in [3.8, 4) is 0 Å². The Bertz CT molecular complexity index is 642. The number of piperidine rings is 2. The normalized spacial score (nSPS) is 23.7. The van der Waals surface area contributed by atoms with Crippen molar-refractivity contribution in [3.05, 3.63) is 17.0 Å². The summed E-state index contributed by atoms with van der Waals surface area (Å²) in [6.07, 6.45) is 3.42. The van der Waals surface area contributed by atoms with Crippen LogP contribution in [0, 0.1) is 12.8 Å². The number of fused-ring (bicyclic) bond motifs is 1. The summed E-state index contributed by atoms with van der Waals surface area (Å²) in [6, 6.07) is 0.186. The van der Waals surface area contributed by atoms with Crippen molar-refractivity contribution in [1.82, 2.24) is 15.0 Å². The molecular weight excluding hydrogens is 322 g/mol. The van der Waals surface area contributed by atoms with Gasteiger partial charge in [0.2, 0.25) is 5.91 Å². The molecule has 1 aromatic heterocycles. The Balaban J connectivity index is 1.72. The Labute approximate surface area is 147 Å². The van der Waals surface area contributed by atoms with E-state index in [1.165, 1.54) is 0 Å². The van der Waals surface area contributed by atoms with Gasteiger partial charge in [-0.2, -0.15) is 0 Å². The molecule has 0 bridgehead atoms. The average molecular weight is 349 g/mol. The first-order valence-electron chi connectivity index (χ1n) is 9.21. The van der Waals surface area contributed by atoms with Gasteiger partial charge in [0.1, 0.15) is 11.3 Å². The Morgan fingerprint density at radius 1 is 1.40 bits per heavy atom. The van der Waals surface area contributed by atoms with Crippen LogP contribution in [0.5, 0.6) is 0 Å². The van der Waals surface area contributed by atoms with Crippen LogP contribution in [0.2, 0.25) is 0 Å². The lowest BCUT2D eigenvalue weighted by molar-refractivity contribution is -0.140. The zero-order valence-electron chi connectivity index (χ0n) is 15.0. The lowest BCUT2D eigenvalue weighted by atomic mass is 9.83. The molecule has 0 aromatic carbocycles. The lowest BCUT2D eigenvalue weighted by Crippen LogP contribution is -2.57. The standard InChI is InChI=1S/C18H27N3O4/c1-3-14-17(12(2)25-19-14)18(24)20-9-7-15-13(11-20)5-6-16(23)21(15)8-4-10-22/h13,15,22H,3-11H2,1-2H3/t13-,15+/m0/s1. The lowest BCUT2D eigenvalue weighted by Gasteiger charge is -2.47. The van der Waals surface area contributed by atoms with Gasteiger partial charge >= 0.3 is 0 Å². The number of nitrogens with zero attached hydrogens (tertiary/aromatic N) is 3. The van der Waals surface area contributed by atoms with Crippen molar-refractivity contribution in [2.45, 2.75) is 52.0 Å². The summed E-state index contributed by atoms with van der Waals surface area (Å²) in [7, 11) is 0. The molecule has 2 aliphatic rings. The molecule has 3 heterocycles. The first kappa shape index (κ1) is 17.9. The first-order valence-corrected chi connectivity index (χ1v) is 9.21. The second-order valence-corrected chi connectivity index (χ2v) is 6.98. The van der Waals surface area contributed by atoms with E-state index in [9.17, 15) is 9.59 Å². The number of hydrogen-bond donors (Lipinski definition) is 1. The minimum absolute atomic E-state index is 0.00661. The summed E-state index contributed by atoms with van der Waals surface area (Å²) in [5.74, 6) is 1.05. The van der Waals surface area contributed by atoms with Crippen molar-refractivity contribution in [2.24, 2.45) is 5.92 Å². The largest absolute Gasteiger partial charge is 0.396 e. The molecule has 1 N–H and O–H groups in total. The van der Waals surface area contributed by atoms with Gasteiger partial charge in [0.25, 0.3) is 5.91 Å². The molecule has 1 aromatic rings. The van der Waals surface area contributed by atoms with E-state index in [0.717, 1.165) is 12.8 Å². The summed E-state index contributed by atoms with van der Waals surface area (Å²) in [5, 5.41) is 13.1. The maximum absolute atomic E-state index is 13.0. The highest BCUT2D eigenvalue weighted by Crippen LogP contribution is 2.32. The fourth-order valence-electron chi connectivity index (χ4n) is 4.16. The topological polar surface area (TPSA) is 86.9 Å². The fourth-order valence-corrected chi connectivity index (χ4v) is 4.16. The van der Waals surface area contributed by atoms with Crippen LogP contribution in [0.15, 0.2) is 4.52 Å². The van der Waals surface area contributed by atoms with E-state index in [4.69, 9.17) is 9.63 Å². The minimum Gasteiger partial charge on any atom is -0.396 e. The minimum atomic E-state index is -0.00661. The number of hydrogen-bond acceptors (Lipinski definition) is 5. The number of rotatable bonds is 5. The molecule has 0 aliphatic carbocycles. The molecule has 138 valence electrons. The van der Waals surface area contributed by atoms with Crippen LogP contribution in [0.25, 0.3) is 0 Å². The van der Waals surface area contributed by atoms with E-state index >= 15 is 0 Å². The molecular formula is C18H27N3O4. The molecule has 2 fully saturated rings. The van der Waals surface area contributed by atoms with E-state index < -0.39 is 0 Å². The molecule has 2 aliphatic heterocycles. The van der Waals surface area contributed by atoms with Crippen molar-refractivity contribution in [3.63, 3.8) is 0 Å². The highest BCUT2D eigenvalue weighted by molar-refractivity contribution is 5.96. The summed E-state index contributed by atoms with van der Waals surface area (Å²) >= 11 is 0. The van der Waals surface area contributed by atoms with E-state index in [2.05, 4.69) is 5.16 Å². The van der Waals surface area contributed by atoms with Crippen LogP contribution in [0.1, 0.15) is 54.4 Å². The van der Waals surface area contributed by atoms with Crippen LogP contribution in [-0.2, 0) is 11.2 Å². The van der Waals surface area contributed by atoms with Gasteiger partial charge in [-0.15, -0.1) is 0 Å². The van der Waals surface area contributed by atoms with Crippen molar-refractivity contribution >= 4 is 11.8 Å².